The highest BCUT2D eigenvalue weighted by Crippen LogP contribution is 2.48. The lowest BCUT2D eigenvalue weighted by Crippen LogP contribution is -2.43. The van der Waals surface area contributed by atoms with Gasteiger partial charge in [-0.1, -0.05) is 40.2 Å². The SMILES string of the molecule is Cn1c2c(c(=O)n(C)c1=O)C(c1cc(Br)ccc1F)C1=C(N2)c2ccccc2C1=O. The minimum atomic E-state index is -0.959. The van der Waals surface area contributed by atoms with Gasteiger partial charge in [0.2, 0.25) is 0 Å². The van der Waals surface area contributed by atoms with E-state index in [1.165, 1.54) is 24.7 Å². The number of Topliss-reactive ketones (excluding diaryl/α,β-unsaturated/α-hetero) is 1. The quantitative estimate of drug-likeness (QED) is 0.596. The van der Waals surface area contributed by atoms with Gasteiger partial charge in [-0.05, 0) is 18.2 Å². The number of benzene rings is 2. The maximum Gasteiger partial charge on any atom is 0.332 e. The van der Waals surface area contributed by atoms with Crippen LogP contribution in [0.15, 0.2) is 62.1 Å². The second kappa shape index (κ2) is 6.37. The Bertz CT molecular complexity index is 1430. The Labute approximate surface area is 178 Å². The van der Waals surface area contributed by atoms with E-state index in [-0.39, 0.29) is 22.7 Å². The molecule has 150 valence electrons. The van der Waals surface area contributed by atoms with Crippen LogP contribution in [0, 0.1) is 5.82 Å². The van der Waals surface area contributed by atoms with Gasteiger partial charge in [0.05, 0.1) is 17.2 Å². The number of hydrogen-bond donors (Lipinski definition) is 1. The van der Waals surface area contributed by atoms with Crippen molar-refractivity contribution in [1.82, 2.24) is 9.13 Å². The minimum absolute atomic E-state index is 0.163. The Balaban J connectivity index is 1.93. The summed E-state index contributed by atoms with van der Waals surface area (Å²) in [6, 6.07) is 11.5. The third-order valence-corrected chi connectivity index (χ3v) is 6.24. The number of carbonyl (C=O) groups is 1. The summed E-state index contributed by atoms with van der Waals surface area (Å²) >= 11 is 3.36. The van der Waals surface area contributed by atoms with E-state index in [1.807, 2.05) is 0 Å². The van der Waals surface area contributed by atoms with E-state index in [4.69, 9.17) is 0 Å². The lowest BCUT2D eigenvalue weighted by atomic mass is 9.81. The number of halogens is 2. The molecule has 1 atom stereocenters. The van der Waals surface area contributed by atoms with Crippen LogP contribution < -0.4 is 16.6 Å². The van der Waals surface area contributed by atoms with Crippen molar-refractivity contribution in [3.8, 4) is 0 Å². The molecule has 2 heterocycles. The Morgan fingerprint density at radius 1 is 1.00 bits per heavy atom. The van der Waals surface area contributed by atoms with E-state index in [1.54, 1.807) is 36.4 Å². The zero-order valence-electron chi connectivity index (χ0n) is 16.0. The van der Waals surface area contributed by atoms with Gasteiger partial charge < -0.3 is 5.32 Å². The number of nitrogens with one attached hydrogen (secondary N) is 1. The molecular formula is C22H15BrFN3O3. The average Bonchev–Trinajstić information content (AvgIpc) is 3.03. The molecule has 1 unspecified atom stereocenters. The van der Waals surface area contributed by atoms with E-state index in [9.17, 15) is 14.4 Å². The summed E-state index contributed by atoms with van der Waals surface area (Å²) < 4.78 is 17.9. The molecule has 0 fully saturated rings. The van der Waals surface area contributed by atoms with Crippen LogP contribution in [0.4, 0.5) is 10.2 Å². The van der Waals surface area contributed by atoms with Crippen molar-refractivity contribution in [2.75, 3.05) is 5.32 Å². The summed E-state index contributed by atoms with van der Waals surface area (Å²) in [7, 11) is 2.91. The number of allylic oxidation sites excluding steroid dienone is 1. The fraction of sp³-hybridized carbons (Fsp3) is 0.136. The third kappa shape index (κ3) is 2.37. The molecule has 0 saturated heterocycles. The second-order valence-corrected chi connectivity index (χ2v) is 8.27. The molecule has 30 heavy (non-hydrogen) atoms. The van der Waals surface area contributed by atoms with Crippen LogP contribution in [-0.4, -0.2) is 14.9 Å². The molecule has 0 bridgehead atoms. The smallest absolute Gasteiger partial charge is 0.332 e. The van der Waals surface area contributed by atoms with Gasteiger partial charge in [0.15, 0.2) is 5.78 Å². The molecule has 3 aromatic rings. The molecule has 2 aliphatic rings. The van der Waals surface area contributed by atoms with Gasteiger partial charge in [-0.2, -0.15) is 0 Å². The summed E-state index contributed by atoms with van der Waals surface area (Å²) in [6.45, 7) is 0. The number of aromatic nitrogens is 2. The molecule has 1 aromatic heterocycles. The molecule has 5 rings (SSSR count). The summed E-state index contributed by atoms with van der Waals surface area (Å²) in [5.41, 5.74) is 1.21. The molecule has 8 heteroatoms. The zero-order valence-corrected chi connectivity index (χ0v) is 17.6. The number of anilines is 1. The highest BCUT2D eigenvalue weighted by molar-refractivity contribution is 9.10. The molecule has 0 saturated carbocycles. The van der Waals surface area contributed by atoms with E-state index < -0.39 is 23.0 Å². The highest BCUT2D eigenvalue weighted by atomic mass is 79.9. The molecule has 0 spiro atoms. The Kier molecular flexibility index (Phi) is 3.98. The van der Waals surface area contributed by atoms with Crippen molar-refractivity contribution in [1.29, 1.82) is 0 Å². The summed E-state index contributed by atoms with van der Waals surface area (Å²) in [5.74, 6) is -1.50. The molecule has 6 nitrogen and oxygen atoms in total. The fourth-order valence-electron chi connectivity index (χ4n) is 4.30. The Morgan fingerprint density at radius 3 is 2.43 bits per heavy atom. The number of fused-ring (bicyclic) bond motifs is 3. The monoisotopic (exact) mass is 467 g/mol. The normalized spacial score (nSPS) is 16.8. The van der Waals surface area contributed by atoms with E-state index in [0.717, 1.165) is 4.57 Å². The molecule has 1 aliphatic carbocycles. The maximum atomic E-state index is 15.0. The number of rotatable bonds is 1. The van der Waals surface area contributed by atoms with Crippen molar-refractivity contribution in [2.45, 2.75) is 5.92 Å². The lowest BCUT2D eigenvalue weighted by Gasteiger charge is -2.30. The predicted molar refractivity (Wildman–Crippen MR) is 114 cm³/mol. The molecule has 1 N–H and O–H groups in total. The van der Waals surface area contributed by atoms with Crippen molar-refractivity contribution in [3.63, 3.8) is 0 Å². The van der Waals surface area contributed by atoms with Crippen LogP contribution in [0.25, 0.3) is 5.70 Å². The van der Waals surface area contributed by atoms with Gasteiger partial charge in [0, 0.05) is 40.8 Å². The fourth-order valence-corrected chi connectivity index (χ4v) is 4.68. The number of ketones is 1. The zero-order chi connectivity index (χ0) is 21.3. The summed E-state index contributed by atoms with van der Waals surface area (Å²) in [5, 5.41) is 3.13. The van der Waals surface area contributed by atoms with Gasteiger partial charge in [0.25, 0.3) is 5.56 Å². The first-order valence-electron chi connectivity index (χ1n) is 9.21. The van der Waals surface area contributed by atoms with Crippen molar-refractivity contribution >= 4 is 33.2 Å². The first-order valence-corrected chi connectivity index (χ1v) is 10.0. The lowest BCUT2D eigenvalue weighted by molar-refractivity contribution is 0.103. The number of hydrogen-bond acceptors (Lipinski definition) is 4. The second-order valence-electron chi connectivity index (χ2n) is 7.36. The first kappa shape index (κ1) is 18.7. The van der Waals surface area contributed by atoms with Crippen LogP contribution in [0.3, 0.4) is 0 Å². The van der Waals surface area contributed by atoms with Crippen molar-refractivity contribution < 1.29 is 9.18 Å². The Morgan fingerprint density at radius 2 is 1.70 bits per heavy atom. The molecule has 1 aliphatic heterocycles. The molecule has 0 radical (unpaired) electrons. The van der Waals surface area contributed by atoms with Crippen LogP contribution in [0.1, 0.15) is 33.0 Å². The van der Waals surface area contributed by atoms with Gasteiger partial charge >= 0.3 is 5.69 Å². The summed E-state index contributed by atoms with van der Waals surface area (Å²) in [6.07, 6.45) is 0. The predicted octanol–water partition coefficient (Wildman–Crippen LogP) is 3.15. The average molecular weight is 468 g/mol. The van der Waals surface area contributed by atoms with E-state index in [2.05, 4.69) is 21.2 Å². The standard InChI is InChI=1S/C22H15BrFN3O3/c1-26-20-17(21(29)27(2)22(26)30)15(13-9-10(23)7-8-14(13)24)16-18(25-20)11-5-3-4-6-12(11)19(16)28/h3-9,15,25H,1-2H3. The maximum absolute atomic E-state index is 15.0. The van der Waals surface area contributed by atoms with Gasteiger partial charge in [-0.25, -0.2) is 9.18 Å². The van der Waals surface area contributed by atoms with Crippen LogP contribution in [-0.2, 0) is 14.1 Å². The summed E-state index contributed by atoms with van der Waals surface area (Å²) in [4.78, 5) is 39.1. The van der Waals surface area contributed by atoms with Crippen molar-refractivity contribution in [3.05, 3.63) is 101 Å². The van der Waals surface area contributed by atoms with Crippen LogP contribution in [0.5, 0.6) is 0 Å². The molecule has 2 aromatic carbocycles. The largest absolute Gasteiger partial charge is 0.340 e. The molecular weight excluding hydrogens is 453 g/mol. The number of nitrogens with zero attached hydrogens (tertiary/aromatic N) is 2. The first-order chi connectivity index (χ1) is 14.3. The van der Waals surface area contributed by atoms with Gasteiger partial charge in [-0.15, -0.1) is 0 Å². The molecule has 0 amide bonds. The van der Waals surface area contributed by atoms with Crippen LogP contribution in [0.2, 0.25) is 0 Å². The van der Waals surface area contributed by atoms with E-state index >= 15 is 4.39 Å². The van der Waals surface area contributed by atoms with Gasteiger partial charge in [0.1, 0.15) is 11.6 Å². The minimum Gasteiger partial charge on any atom is -0.340 e. The van der Waals surface area contributed by atoms with E-state index in [0.29, 0.717) is 26.9 Å². The third-order valence-electron chi connectivity index (χ3n) is 5.74. The Hall–Kier alpha value is -3.26. The van der Waals surface area contributed by atoms with Crippen molar-refractivity contribution in [2.24, 2.45) is 14.1 Å². The van der Waals surface area contributed by atoms with Gasteiger partial charge in [-0.3, -0.25) is 18.7 Å². The highest BCUT2D eigenvalue weighted by Gasteiger charge is 2.43. The van der Waals surface area contributed by atoms with Crippen LogP contribution >= 0.6 is 15.9 Å². The number of carbonyl (C=O) groups excluding carboxylic acids is 1. The topological polar surface area (TPSA) is 73.1 Å².